The predicted octanol–water partition coefficient (Wildman–Crippen LogP) is 5.50. The minimum Gasteiger partial charge on any atom is -0.350 e. The van der Waals surface area contributed by atoms with E-state index in [2.05, 4.69) is 31.1 Å². The number of pyridine rings is 1. The van der Waals surface area contributed by atoms with Crippen LogP contribution in [0, 0.1) is 12.7 Å². The highest BCUT2D eigenvalue weighted by atomic mass is 32.2. The molecule has 0 saturated heterocycles. The third kappa shape index (κ3) is 5.65. The molecule has 206 valence electrons. The molecule has 2 aromatic carbocycles. The van der Waals surface area contributed by atoms with Gasteiger partial charge in [0.15, 0.2) is 0 Å². The van der Waals surface area contributed by atoms with E-state index in [-0.39, 0.29) is 35.2 Å². The van der Waals surface area contributed by atoms with Gasteiger partial charge in [0.1, 0.15) is 18.2 Å². The number of rotatable bonds is 6. The first-order chi connectivity index (χ1) is 19.1. The van der Waals surface area contributed by atoms with E-state index >= 15 is 0 Å². The van der Waals surface area contributed by atoms with Gasteiger partial charge in [-0.15, -0.1) is 11.8 Å². The zero-order valence-electron chi connectivity index (χ0n) is 23.0. The molecule has 1 atom stereocenters. The molecule has 0 fully saturated rings. The molecule has 1 N–H and O–H groups in total. The molecule has 40 heavy (non-hydrogen) atoms. The number of benzene rings is 2. The molecule has 0 saturated carbocycles. The highest BCUT2D eigenvalue weighted by Crippen LogP contribution is 2.48. The van der Waals surface area contributed by atoms with Crippen molar-refractivity contribution in [2.75, 3.05) is 17.2 Å². The van der Waals surface area contributed by atoms with Gasteiger partial charge in [-0.2, -0.15) is 5.10 Å². The van der Waals surface area contributed by atoms with Crippen LogP contribution in [0.3, 0.4) is 0 Å². The van der Waals surface area contributed by atoms with Gasteiger partial charge in [-0.25, -0.2) is 9.07 Å². The lowest BCUT2D eigenvalue weighted by Crippen LogP contribution is -2.42. The van der Waals surface area contributed by atoms with Crippen molar-refractivity contribution < 1.29 is 14.0 Å². The topological polar surface area (TPSA) is 80.1 Å². The summed E-state index contributed by atoms with van der Waals surface area (Å²) < 4.78 is 16.2. The van der Waals surface area contributed by atoms with Crippen molar-refractivity contribution >= 4 is 29.4 Å². The van der Waals surface area contributed by atoms with E-state index in [0.717, 1.165) is 33.6 Å². The second kappa shape index (κ2) is 11.3. The van der Waals surface area contributed by atoms with Gasteiger partial charge < -0.3 is 5.32 Å². The van der Waals surface area contributed by atoms with Gasteiger partial charge >= 0.3 is 0 Å². The van der Waals surface area contributed by atoms with Gasteiger partial charge in [-0.05, 0) is 47.9 Å². The van der Waals surface area contributed by atoms with Gasteiger partial charge in [0, 0.05) is 29.9 Å². The first-order valence-electron chi connectivity index (χ1n) is 13.2. The van der Waals surface area contributed by atoms with Gasteiger partial charge in [0.05, 0.1) is 22.4 Å². The number of halogens is 1. The van der Waals surface area contributed by atoms with Crippen molar-refractivity contribution in [3.63, 3.8) is 0 Å². The number of nitrogens with one attached hydrogen (secondary N) is 1. The number of aromatic nitrogens is 3. The Morgan fingerprint density at radius 3 is 2.62 bits per heavy atom. The normalized spacial score (nSPS) is 15.5. The summed E-state index contributed by atoms with van der Waals surface area (Å²) in [6.07, 6.45) is 3.37. The van der Waals surface area contributed by atoms with E-state index in [0.29, 0.717) is 12.4 Å². The second-order valence-electron chi connectivity index (χ2n) is 10.9. The van der Waals surface area contributed by atoms with E-state index in [1.54, 1.807) is 23.1 Å². The number of nitrogens with zero attached hydrogens (tertiary/aromatic N) is 4. The van der Waals surface area contributed by atoms with Crippen LogP contribution < -0.4 is 10.2 Å². The number of hydrogen-bond donors (Lipinski definition) is 1. The summed E-state index contributed by atoms with van der Waals surface area (Å²) in [6.45, 7) is 8.33. The van der Waals surface area contributed by atoms with E-state index in [4.69, 9.17) is 5.10 Å². The van der Waals surface area contributed by atoms with Crippen molar-refractivity contribution in [3.05, 3.63) is 107 Å². The van der Waals surface area contributed by atoms with Gasteiger partial charge in [0.2, 0.25) is 11.8 Å². The highest BCUT2D eigenvalue weighted by Gasteiger charge is 2.40. The van der Waals surface area contributed by atoms with Crippen molar-refractivity contribution in [1.82, 2.24) is 20.1 Å². The largest absolute Gasteiger partial charge is 0.350 e. The Morgan fingerprint density at radius 2 is 1.93 bits per heavy atom. The summed E-state index contributed by atoms with van der Waals surface area (Å²) in [6, 6.07) is 18.0. The number of amides is 2. The van der Waals surface area contributed by atoms with E-state index in [1.807, 2.05) is 49.4 Å². The van der Waals surface area contributed by atoms with Gasteiger partial charge in [-0.1, -0.05) is 57.2 Å². The molecule has 3 heterocycles. The minimum atomic E-state index is -0.397. The van der Waals surface area contributed by atoms with Gasteiger partial charge in [0.25, 0.3) is 0 Å². The summed E-state index contributed by atoms with van der Waals surface area (Å²) in [7, 11) is 0. The summed E-state index contributed by atoms with van der Waals surface area (Å²) in [5, 5.41) is 7.66. The molecule has 2 aromatic heterocycles. The monoisotopic (exact) mass is 557 g/mol. The molecule has 0 radical (unpaired) electrons. The Bertz CT molecular complexity index is 1550. The molecule has 9 heteroatoms. The van der Waals surface area contributed by atoms with Crippen LogP contribution in [-0.2, 0) is 21.5 Å². The van der Waals surface area contributed by atoms with E-state index in [1.165, 1.54) is 28.8 Å². The molecule has 0 spiro atoms. The van der Waals surface area contributed by atoms with Crippen molar-refractivity contribution in [1.29, 1.82) is 0 Å². The molecule has 7 nitrogen and oxygen atoms in total. The lowest BCUT2D eigenvalue weighted by molar-refractivity contribution is -0.123. The van der Waals surface area contributed by atoms with Gasteiger partial charge in [-0.3, -0.25) is 19.5 Å². The van der Waals surface area contributed by atoms with Crippen LogP contribution in [-0.4, -0.2) is 38.9 Å². The number of fused-ring (bicyclic) bond motifs is 1. The summed E-state index contributed by atoms with van der Waals surface area (Å²) in [5.41, 5.74) is 4.61. The fourth-order valence-electron chi connectivity index (χ4n) is 4.88. The van der Waals surface area contributed by atoms with Crippen LogP contribution in [0.4, 0.5) is 10.2 Å². The maximum Gasteiger partial charge on any atom is 0.240 e. The van der Waals surface area contributed by atoms with Crippen molar-refractivity contribution in [2.45, 2.75) is 44.9 Å². The first kappa shape index (κ1) is 27.6. The summed E-state index contributed by atoms with van der Waals surface area (Å²) >= 11 is 1.43. The van der Waals surface area contributed by atoms with Crippen LogP contribution in [0.5, 0.6) is 0 Å². The standard InChI is InChI=1S/C31H32FN5O2S/c1-20-9-5-6-13-24(20)37-30-27(29(35-37)31(2,3)4)28(22-11-7-12-23(32)15-22)40-19-26(39)36(30)18-25(38)34-17-21-10-8-14-33-16-21/h5-16,28H,17-19H2,1-4H3,(H,34,38)/t28-/m1/s1. The van der Waals surface area contributed by atoms with E-state index < -0.39 is 5.41 Å². The number of aryl methyl sites for hydroxylation is 1. The van der Waals surface area contributed by atoms with E-state index in [9.17, 15) is 14.0 Å². The molecule has 0 aliphatic carbocycles. The quantitative estimate of drug-likeness (QED) is 0.339. The SMILES string of the molecule is Cc1ccccc1-n1nc(C(C)(C)C)c2c1N(CC(=O)NCc1cccnc1)C(=O)CS[C@@H]2c1cccc(F)c1. The summed E-state index contributed by atoms with van der Waals surface area (Å²) in [4.78, 5) is 32.6. The molecule has 5 rings (SSSR count). The zero-order chi connectivity index (χ0) is 28.4. The summed E-state index contributed by atoms with van der Waals surface area (Å²) in [5.74, 6) is -0.183. The number of thioether (sulfide) groups is 1. The van der Waals surface area contributed by atoms with Crippen LogP contribution >= 0.6 is 11.8 Å². The molecule has 2 amide bonds. The molecule has 0 unspecified atom stereocenters. The highest BCUT2D eigenvalue weighted by molar-refractivity contribution is 8.00. The Balaban J connectivity index is 1.67. The zero-order valence-corrected chi connectivity index (χ0v) is 23.8. The Kier molecular flexibility index (Phi) is 7.76. The number of para-hydroxylation sites is 1. The molecule has 1 aliphatic rings. The third-order valence-electron chi connectivity index (χ3n) is 6.81. The fourth-order valence-corrected chi connectivity index (χ4v) is 6.07. The Hall–Kier alpha value is -3.98. The predicted molar refractivity (Wildman–Crippen MR) is 156 cm³/mol. The maximum atomic E-state index is 14.4. The maximum absolute atomic E-state index is 14.4. The van der Waals surface area contributed by atoms with Crippen LogP contribution in [0.15, 0.2) is 73.1 Å². The lowest BCUT2D eigenvalue weighted by atomic mass is 9.87. The van der Waals surface area contributed by atoms with Crippen LogP contribution in [0.25, 0.3) is 5.69 Å². The van der Waals surface area contributed by atoms with Crippen molar-refractivity contribution in [2.24, 2.45) is 0 Å². The van der Waals surface area contributed by atoms with Crippen LogP contribution in [0.2, 0.25) is 0 Å². The minimum absolute atomic E-state index is 0.128. The smallest absolute Gasteiger partial charge is 0.240 e. The third-order valence-corrected chi connectivity index (χ3v) is 8.06. The molecular weight excluding hydrogens is 525 g/mol. The fraction of sp³-hybridized carbons (Fsp3) is 0.290. The Labute approximate surface area is 237 Å². The second-order valence-corrected chi connectivity index (χ2v) is 12.0. The average molecular weight is 558 g/mol. The average Bonchev–Trinajstić information content (AvgIpc) is 3.26. The van der Waals surface area contributed by atoms with Crippen LogP contribution in [0.1, 0.15) is 54.0 Å². The number of hydrogen-bond acceptors (Lipinski definition) is 5. The molecule has 0 bridgehead atoms. The number of carbonyl (C=O) groups excluding carboxylic acids is 2. The number of anilines is 1. The van der Waals surface area contributed by atoms with Crippen molar-refractivity contribution in [3.8, 4) is 5.69 Å². The Morgan fingerprint density at radius 1 is 1.12 bits per heavy atom. The lowest BCUT2D eigenvalue weighted by Gasteiger charge is -2.25. The molecule has 4 aromatic rings. The number of carbonyl (C=O) groups is 2. The molecular formula is C31H32FN5O2S. The first-order valence-corrected chi connectivity index (χ1v) is 14.2. The molecule has 1 aliphatic heterocycles.